The highest BCUT2D eigenvalue weighted by atomic mass is 32.1. The summed E-state index contributed by atoms with van der Waals surface area (Å²) in [5.74, 6) is -10.1. The molecule has 3 aromatic rings. The summed E-state index contributed by atoms with van der Waals surface area (Å²) < 4.78 is 0. The fourth-order valence-corrected chi connectivity index (χ4v) is 10.6. The number of aliphatic imine (C=N–C) groups is 1. The van der Waals surface area contributed by atoms with E-state index >= 15 is 4.79 Å². The van der Waals surface area contributed by atoms with Gasteiger partial charge in [-0.2, -0.15) is 25.3 Å². The van der Waals surface area contributed by atoms with Crippen LogP contribution in [-0.2, 0) is 72.0 Å². The summed E-state index contributed by atoms with van der Waals surface area (Å²) in [5, 5.41) is 49.1. The van der Waals surface area contributed by atoms with Gasteiger partial charge < -0.3 is 85.3 Å². The average Bonchev–Trinajstić information content (AvgIpc) is 2.50. The van der Waals surface area contributed by atoms with Crippen molar-refractivity contribution < 1.29 is 68.1 Å². The van der Waals surface area contributed by atoms with Gasteiger partial charge >= 0.3 is 5.97 Å². The number of carbonyl (C=O) groups is 11. The number of nitrogens with two attached hydrogens (primary N) is 4. The molecule has 0 aromatic heterocycles. The number of rotatable bonds is 34. The highest BCUT2D eigenvalue weighted by molar-refractivity contribution is 7.80. The number of nitrogens with one attached hydrogen (secondary N) is 7. The Labute approximate surface area is 526 Å². The number of aliphatic hydroxyl groups is 1. The minimum absolute atomic E-state index is 0.0158. The van der Waals surface area contributed by atoms with E-state index in [4.69, 9.17) is 22.9 Å². The quantitative estimate of drug-likeness (QED) is 0.0124. The number of thiol groups is 2. The van der Waals surface area contributed by atoms with Crippen LogP contribution in [-0.4, -0.2) is 194 Å². The first kappa shape index (κ1) is 71.3. The first-order chi connectivity index (χ1) is 42.4. The van der Waals surface area contributed by atoms with E-state index in [1.54, 1.807) is 67.6 Å². The molecule has 2 aliphatic heterocycles. The molecule has 28 nitrogen and oxygen atoms in total. The van der Waals surface area contributed by atoms with E-state index in [1.165, 1.54) is 29.2 Å². The molecule has 5 rings (SSSR count). The maximum atomic E-state index is 15.2. The highest BCUT2D eigenvalue weighted by Crippen LogP contribution is 2.27. The largest absolute Gasteiger partial charge is 0.508 e. The van der Waals surface area contributed by atoms with Crippen LogP contribution < -0.4 is 60.2 Å². The molecule has 0 radical (unpaired) electrons. The van der Waals surface area contributed by atoms with E-state index in [9.17, 15) is 63.3 Å². The van der Waals surface area contributed by atoms with E-state index in [-0.39, 0.29) is 101 Å². The number of nitrogens with zero attached hydrogens (tertiary/aromatic N) is 3. The number of hydrogen-bond donors (Lipinski definition) is 16. The van der Waals surface area contributed by atoms with Crippen LogP contribution in [0.15, 0.2) is 89.9 Å². The Morgan fingerprint density at radius 3 is 1.61 bits per heavy atom. The van der Waals surface area contributed by atoms with Gasteiger partial charge in [-0.05, 0) is 67.3 Å². The topological polar surface area (TPSA) is 456 Å². The summed E-state index contributed by atoms with van der Waals surface area (Å²) >= 11 is 8.08. The molecule has 2 heterocycles. The van der Waals surface area contributed by atoms with Gasteiger partial charge in [0.1, 0.15) is 60.1 Å². The number of guanidine groups is 1. The van der Waals surface area contributed by atoms with Crippen LogP contribution in [0.25, 0.3) is 0 Å². The molecule has 30 heteroatoms. The molecule has 89 heavy (non-hydrogen) atoms. The predicted molar refractivity (Wildman–Crippen MR) is 333 cm³/mol. The van der Waals surface area contributed by atoms with Gasteiger partial charge in [-0.25, -0.2) is 4.79 Å². The summed E-state index contributed by atoms with van der Waals surface area (Å²) in [6, 6.07) is 9.41. The molecule has 11 atom stereocenters. The second kappa shape index (κ2) is 35.5. The Kier molecular flexibility index (Phi) is 28.4. The standard InChI is InChI=1S/C59H82N14O14S2/c1-2-11-39(50(78)71-45(32-89)58(86)87)66-53(81)43(26-33-12-5-3-6-13-33)69-55(83)47-29-37(75)30-73(47)57(85)46-17-10-25-72(46)56(84)44(28-34-14-7-4-8-15-34)70-54(82)42(27-35-18-20-36(74)21-19-35)68-52(80)41(22-23-48(61)76)67-51(79)40(16-9-24-64-59(62)63)65-49(77)38(60)31-88/h3-8,12-15,18-21,37-47,74-75,88-89H,2,9-11,16-17,22-32,60H2,1H3,(H2,61,76)(H,65,77)(H,66,81)(H,67,79)(H,68,80)(H,69,83)(H,70,82)(H,71,78)(H,86,87)(H4,62,63,64)/t37-,38+,39+,40+,41+,42+,43+,44+,45+,46+,47+/m1/s1. The maximum absolute atomic E-state index is 15.2. The fourth-order valence-electron chi connectivity index (χ4n) is 10.2. The van der Waals surface area contributed by atoms with Gasteiger partial charge in [-0.3, -0.25) is 52.9 Å². The van der Waals surface area contributed by atoms with Crippen LogP contribution in [0.2, 0.25) is 0 Å². The van der Waals surface area contributed by atoms with Crippen LogP contribution in [0, 0.1) is 0 Å². The Hall–Kier alpha value is -8.48. The molecule has 10 amide bonds. The van der Waals surface area contributed by atoms with Crippen molar-refractivity contribution in [1.82, 2.24) is 47.0 Å². The van der Waals surface area contributed by atoms with Crippen molar-refractivity contribution in [1.29, 1.82) is 0 Å². The number of aliphatic hydroxyl groups excluding tert-OH is 1. The van der Waals surface area contributed by atoms with E-state index in [0.717, 1.165) is 4.90 Å². The summed E-state index contributed by atoms with van der Waals surface area (Å²) in [5.41, 5.74) is 23.9. The molecule has 3 aromatic carbocycles. The lowest BCUT2D eigenvalue weighted by atomic mass is 10.0. The number of aromatic hydroxyl groups is 1. The van der Waals surface area contributed by atoms with Crippen molar-refractivity contribution in [3.05, 3.63) is 102 Å². The van der Waals surface area contributed by atoms with E-state index < -0.39 is 138 Å². The number of primary amides is 1. The van der Waals surface area contributed by atoms with Crippen molar-refractivity contribution in [3.63, 3.8) is 0 Å². The van der Waals surface area contributed by atoms with Crippen molar-refractivity contribution in [2.24, 2.45) is 27.9 Å². The van der Waals surface area contributed by atoms with Crippen molar-refractivity contribution in [3.8, 4) is 5.75 Å². The Morgan fingerprint density at radius 1 is 0.596 bits per heavy atom. The number of carboxylic acids is 1. The van der Waals surface area contributed by atoms with Crippen LogP contribution in [0.5, 0.6) is 5.75 Å². The van der Waals surface area contributed by atoms with Crippen molar-refractivity contribution in [2.45, 2.75) is 150 Å². The Bertz CT molecular complexity index is 2970. The third-order valence-electron chi connectivity index (χ3n) is 14.9. The van der Waals surface area contributed by atoms with E-state index in [0.29, 0.717) is 29.5 Å². The molecule has 2 fully saturated rings. The highest BCUT2D eigenvalue weighted by Gasteiger charge is 2.47. The van der Waals surface area contributed by atoms with Gasteiger partial charge in [-0.15, -0.1) is 0 Å². The normalized spacial score (nSPS) is 18.0. The lowest BCUT2D eigenvalue weighted by molar-refractivity contribution is -0.148. The number of amides is 10. The van der Waals surface area contributed by atoms with Gasteiger partial charge in [0.2, 0.25) is 59.1 Å². The minimum Gasteiger partial charge on any atom is -0.508 e. The summed E-state index contributed by atoms with van der Waals surface area (Å²) in [6.45, 7) is 1.50. The molecular formula is C59H82N14O14S2. The lowest BCUT2D eigenvalue weighted by Crippen LogP contribution is -2.61. The third-order valence-corrected chi connectivity index (χ3v) is 15.7. The van der Waals surface area contributed by atoms with Gasteiger partial charge in [0.15, 0.2) is 5.96 Å². The molecule has 0 unspecified atom stereocenters. The molecule has 484 valence electrons. The number of hydrogen-bond acceptors (Lipinski definition) is 17. The number of aliphatic carboxylic acids is 1. The van der Waals surface area contributed by atoms with E-state index in [1.807, 2.05) is 0 Å². The molecule has 0 aliphatic carbocycles. The number of benzene rings is 3. The van der Waals surface area contributed by atoms with Crippen LogP contribution in [0.3, 0.4) is 0 Å². The number of carboxylic acid groups (broad SMARTS) is 1. The summed E-state index contributed by atoms with van der Waals surface area (Å²) in [6.07, 6.45) is -1.70. The SMILES string of the molecule is CCC[C@H](NC(=O)[C@H](Cc1ccccc1)NC(=O)[C@@H]1C[C@@H](O)CN1C(=O)[C@@H]1CCCN1C(=O)[C@H](Cc1ccccc1)NC(=O)[C@H](Cc1ccc(O)cc1)NC(=O)[C@H](CCC(N)=O)NC(=O)[C@H](CCCN=C(N)N)NC(=O)[C@@H](N)CS)C(=O)N[C@@H](CS)C(=O)O. The van der Waals surface area contributed by atoms with Crippen LogP contribution >= 0.6 is 25.3 Å². The second-order valence-electron chi connectivity index (χ2n) is 21.8. The maximum Gasteiger partial charge on any atom is 0.327 e. The fraction of sp³-hybridized carbons (Fsp3) is 0.492. The monoisotopic (exact) mass is 1270 g/mol. The molecular weight excluding hydrogens is 1190 g/mol. The number of β-amino-alcohol motifs (C(OH)–C–C–N with tert-alkyl or cyclic N) is 1. The van der Waals surface area contributed by atoms with E-state index in [2.05, 4.69) is 67.5 Å². The van der Waals surface area contributed by atoms with Crippen LogP contribution in [0.4, 0.5) is 0 Å². The Morgan fingerprint density at radius 2 is 1.08 bits per heavy atom. The molecule has 2 saturated heterocycles. The average molecular weight is 1280 g/mol. The predicted octanol–water partition coefficient (Wildman–Crippen LogP) is -2.84. The lowest BCUT2D eigenvalue weighted by Gasteiger charge is -2.33. The first-order valence-corrected chi connectivity index (χ1v) is 30.5. The third kappa shape index (κ3) is 22.3. The van der Waals surface area contributed by atoms with Crippen molar-refractivity contribution in [2.75, 3.05) is 31.1 Å². The van der Waals surface area contributed by atoms with Crippen LogP contribution in [0.1, 0.15) is 81.4 Å². The summed E-state index contributed by atoms with van der Waals surface area (Å²) in [7, 11) is 0. The van der Waals surface area contributed by atoms with Gasteiger partial charge in [-0.1, -0.05) is 86.1 Å². The zero-order chi connectivity index (χ0) is 65.3. The van der Waals surface area contributed by atoms with Gasteiger partial charge in [0.25, 0.3) is 0 Å². The zero-order valence-corrected chi connectivity index (χ0v) is 51.1. The smallest absolute Gasteiger partial charge is 0.327 e. The molecule has 18 N–H and O–H groups in total. The molecule has 0 bridgehead atoms. The van der Waals surface area contributed by atoms with Gasteiger partial charge in [0, 0.05) is 63.2 Å². The molecule has 0 saturated carbocycles. The summed E-state index contributed by atoms with van der Waals surface area (Å²) in [4.78, 5) is 159. The molecule has 2 aliphatic rings. The van der Waals surface area contributed by atoms with Crippen molar-refractivity contribution >= 4 is 96.3 Å². The second-order valence-corrected chi connectivity index (χ2v) is 22.5. The Balaban J connectivity index is 1.42. The minimum atomic E-state index is -1.56. The number of carbonyl (C=O) groups excluding carboxylic acids is 10. The number of phenols is 1. The molecule has 0 spiro atoms. The number of likely N-dealkylation sites (tertiary alicyclic amines) is 2. The first-order valence-electron chi connectivity index (χ1n) is 29.2. The van der Waals surface area contributed by atoms with Gasteiger partial charge in [0.05, 0.1) is 12.1 Å². The number of phenolic OH excluding ortho intramolecular Hbond substituents is 1. The zero-order valence-electron chi connectivity index (χ0n) is 49.3.